The predicted octanol–water partition coefficient (Wildman–Crippen LogP) is 2.89. The molecule has 1 amide bonds. The van der Waals surface area contributed by atoms with Crippen molar-refractivity contribution in [1.29, 1.82) is 0 Å². The molecule has 1 unspecified atom stereocenters. The van der Waals surface area contributed by atoms with Crippen LogP contribution in [0.5, 0.6) is 0 Å². The Balaban J connectivity index is 1.85. The summed E-state index contributed by atoms with van der Waals surface area (Å²) in [4.78, 5) is 13.4. The van der Waals surface area contributed by atoms with Gasteiger partial charge in [0.05, 0.1) is 24.0 Å². The number of hydrogen-bond acceptors (Lipinski definition) is 5. The molecule has 1 heterocycles. The van der Waals surface area contributed by atoms with Gasteiger partial charge in [0.15, 0.2) is 15.7 Å². The number of carbonyl (C=O) groups is 1. The summed E-state index contributed by atoms with van der Waals surface area (Å²) in [5, 5.41) is 16.2. The molecule has 1 atom stereocenters. The molecule has 8 heteroatoms. The summed E-state index contributed by atoms with van der Waals surface area (Å²) in [7, 11) is -3.30. The minimum absolute atomic E-state index is 0.0225. The van der Waals surface area contributed by atoms with Crippen molar-refractivity contribution in [3.63, 3.8) is 0 Å². The fraction of sp³-hybridized carbons (Fsp3) is 0.524. The van der Waals surface area contributed by atoms with E-state index in [4.69, 9.17) is 5.11 Å². The summed E-state index contributed by atoms with van der Waals surface area (Å²) in [6, 6.07) is 6.88. The Morgan fingerprint density at radius 2 is 2.03 bits per heavy atom. The molecule has 2 N–H and O–H groups in total. The monoisotopic (exact) mass is 419 g/mol. The van der Waals surface area contributed by atoms with Crippen LogP contribution in [0.1, 0.15) is 49.1 Å². The van der Waals surface area contributed by atoms with Gasteiger partial charge in [0.2, 0.25) is 5.91 Å². The molecule has 0 saturated heterocycles. The van der Waals surface area contributed by atoms with Crippen molar-refractivity contribution in [3.8, 4) is 0 Å². The maximum absolute atomic E-state index is 13.1. The van der Waals surface area contributed by atoms with E-state index in [-0.39, 0.29) is 18.4 Å². The number of aliphatic hydroxyl groups excluding tert-OH is 1. The number of sulfone groups is 1. The first-order chi connectivity index (χ1) is 13.8. The highest BCUT2D eigenvalue weighted by molar-refractivity contribution is 7.90. The number of carbonyl (C=O) groups excluding carboxylic acids is 1. The maximum atomic E-state index is 13.1. The molecule has 1 aliphatic rings. The minimum Gasteiger partial charge on any atom is -0.394 e. The third-order valence-electron chi connectivity index (χ3n) is 5.58. The van der Waals surface area contributed by atoms with E-state index in [1.54, 1.807) is 36.0 Å². The van der Waals surface area contributed by atoms with E-state index in [1.807, 2.05) is 6.07 Å². The molecule has 0 aliphatic heterocycles. The number of nitrogens with one attached hydrogen (secondary N) is 1. The standard InChI is InChI=1S/C21H29N3O4S/c1-15-13-17(7-8-19(15)29(2,27)28)18(14-16-5-3-4-6-16)21(26)22-20-9-10-24(23-20)11-12-25/h7-10,13,16,18,25H,3-6,11-12,14H2,1-2H3,(H,22,23,26). The summed E-state index contributed by atoms with van der Waals surface area (Å²) in [5.74, 6) is 0.433. The zero-order valence-electron chi connectivity index (χ0n) is 17.0. The van der Waals surface area contributed by atoms with Crippen molar-refractivity contribution in [1.82, 2.24) is 9.78 Å². The number of hydrogen-bond donors (Lipinski definition) is 2. The minimum atomic E-state index is -3.30. The van der Waals surface area contributed by atoms with Gasteiger partial charge in [0.25, 0.3) is 0 Å². The number of aliphatic hydroxyl groups is 1. The van der Waals surface area contributed by atoms with Crippen molar-refractivity contribution < 1.29 is 18.3 Å². The molecule has 1 fully saturated rings. The van der Waals surface area contributed by atoms with E-state index in [0.29, 0.717) is 28.7 Å². The largest absolute Gasteiger partial charge is 0.394 e. The second kappa shape index (κ2) is 9.09. The second-order valence-electron chi connectivity index (χ2n) is 7.91. The maximum Gasteiger partial charge on any atom is 0.233 e. The zero-order chi connectivity index (χ0) is 21.0. The smallest absolute Gasteiger partial charge is 0.233 e. The highest BCUT2D eigenvalue weighted by atomic mass is 32.2. The second-order valence-corrected chi connectivity index (χ2v) is 9.90. The van der Waals surface area contributed by atoms with Crippen molar-refractivity contribution in [2.45, 2.75) is 56.4 Å². The molecule has 2 aromatic rings. The average Bonchev–Trinajstić information content (AvgIpc) is 3.31. The van der Waals surface area contributed by atoms with Gasteiger partial charge in [-0.2, -0.15) is 5.10 Å². The molecule has 158 valence electrons. The van der Waals surface area contributed by atoms with Crippen LogP contribution in [0.25, 0.3) is 0 Å². The normalized spacial score (nSPS) is 16.1. The van der Waals surface area contributed by atoms with Crippen LogP contribution in [0.15, 0.2) is 35.4 Å². The predicted molar refractivity (Wildman–Crippen MR) is 112 cm³/mol. The van der Waals surface area contributed by atoms with Gasteiger partial charge in [-0.3, -0.25) is 9.48 Å². The first-order valence-corrected chi connectivity index (χ1v) is 11.9. The van der Waals surface area contributed by atoms with Gasteiger partial charge in [-0.1, -0.05) is 37.8 Å². The summed E-state index contributed by atoms with van der Waals surface area (Å²) in [6.07, 6.45) is 8.27. The van der Waals surface area contributed by atoms with E-state index >= 15 is 0 Å². The van der Waals surface area contributed by atoms with Gasteiger partial charge in [-0.25, -0.2) is 8.42 Å². The van der Waals surface area contributed by atoms with Crippen molar-refractivity contribution in [2.24, 2.45) is 5.92 Å². The molecule has 1 aromatic heterocycles. The molecular weight excluding hydrogens is 390 g/mol. The zero-order valence-corrected chi connectivity index (χ0v) is 17.8. The van der Waals surface area contributed by atoms with E-state index in [1.165, 1.54) is 19.1 Å². The fourth-order valence-corrected chi connectivity index (χ4v) is 5.11. The van der Waals surface area contributed by atoms with Gasteiger partial charge in [0, 0.05) is 18.5 Å². The van der Waals surface area contributed by atoms with Crippen molar-refractivity contribution in [2.75, 3.05) is 18.2 Å². The van der Waals surface area contributed by atoms with Crippen LogP contribution in [-0.4, -0.2) is 42.1 Å². The van der Waals surface area contributed by atoms with Crippen LogP contribution < -0.4 is 5.32 Å². The average molecular weight is 420 g/mol. The molecule has 3 rings (SSSR count). The molecule has 0 spiro atoms. The number of rotatable bonds is 8. The number of nitrogens with zero attached hydrogens (tertiary/aromatic N) is 2. The van der Waals surface area contributed by atoms with Gasteiger partial charge in [-0.05, 0) is 36.5 Å². The first kappa shape index (κ1) is 21.5. The van der Waals surface area contributed by atoms with Crippen molar-refractivity contribution in [3.05, 3.63) is 41.6 Å². The van der Waals surface area contributed by atoms with E-state index in [9.17, 15) is 13.2 Å². The number of aromatic nitrogens is 2. The van der Waals surface area contributed by atoms with Crippen LogP contribution in [-0.2, 0) is 21.2 Å². The van der Waals surface area contributed by atoms with Crippen LogP contribution >= 0.6 is 0 Å². The SMILES string of the molecule is Cc1cc(C(CC2CCCC2)C(=O)Nc2ccn(CCO)n2)ccc1S(C)(=O)=O. The highest BCUT2D eigenvalue weighted by Gasteiger charge is 2.28. The van der Waals surface area contributed by atoms with Gasteiger partial charge >= 0.3 is 0 Å². The first-order valence-electron chi connectivity index (χ1n) is 10.0. The Morgan fingerprint density at radius 3 is 2.66 bits per heavy atom. The van der Waals surface area contributed by atoms with Gasteiger partial charge in [-0.15, -0.1) is 0 Å². The Bertz CT molecular complexity index is 962. The van der Waals surface area contributed by atoms with Gasteiger partial charge in [0.1, 0.15) is 0 Å². The van der Waals surface area contributed by atoms with E-state index in [2.05, 4.69) is 10.4 Å². The summed E-state index contributed by atoms with van der Waals surface area (Å²) >= 11 is 0. The number of anilines is 1. The Labute approximate surface area is 172 Å². The lowest BCUT2D eigenvalue weighted by Crippen LogP contribution is -2.24. The molecular formula is C21H29N3O4S. The molecule has 7 nitrogen and oxygen atoms in total. The summed E-state index contributed by atoms with van der Waals surface area (Å²) < 4.78 is 25.4. The number of benzene rings is 1. The summed E-state index contributed by atoms with van der Waals surface area (Å²) in [5.41, 5.74) is 1.48. The third-order valence-corrected chi connectivity index (χ3v) is 6.84. The summed E-state index contributed by atoms with van der Waals surface area (Å²) in [6.45, 7) is 2.11. The van der Waals surface area contributed by atoms with Crippen LogP contribution in [0.3, 0.4) is 0 Å². The third kappa shape index (κ3) is 5.45. The van der Waals surface area contributed by atoms with E-state index < -0.39 is 9.84 Å². The molecule has 29 heavy (non-hydrogen) atoms. The van der Waals surface area contributed by atoms with Crippen molar-refractivity contribution >= 4 is 21.6 Å². The molecule has 0 radical (unpaired) electrons. The lowest BCUT2D eigenvalue weighted by Gasteiger charge is -2.21. The molecule has 1 aromatic carbocycles. The molecule has 1 saturated carbocycles. The van der Waals surface area contributed by atoms with E-state index in [0.717, 1.165) is 24.8 Å². The Hall–Kier alpha value is -2.19. The Kier molecular flexibility index (Phi) is 6.74. The topological polar surface area (TPSA) is 101 Å². The number of amides is 1. The van der Waals surface area contributed by atoms with Crippen LogP contribution in [0.4, 0.5) is 5.82 Å². The quantitative estimate of drug-likeness (QED) is 0.685. The number of aryl methyl sites for hydroxylation is 1. The lowest BCUT2D eigenvalue weighted by atomic mass is 9.86. The van der Waals surface area contributed by atoms with Crippen LogP contribution in [0, 0.1) is 12.8 Å². The lowest BCUT2D eigenvalue weighted by molar-refractivity contribution is -0.118. The highest BCUT2D eigenvalue weighted by Crippen LogP contribution is 2.35. The Morgan fingerprint density at radius 1 is 1.31 bits per heavy atom. The van der Waals surface area contributed by atoms with Gasteiger partial charge < -0.3 is 10.4 Å². The molecule has 0 bridgehead atoms. The van der Waals surface area contributed by atoms with Crippen LogP contribution in [0.2, 0.25) is 0 Å². The molecule has 1 aliphatic carbocycles. The fourth-order valence-electron chi connectivity index (χ4n) is 4.15.